The van der Waals surface area contributed by atoms with Gasteiger partial charge in [-0.15, -0.1) is 0 Å². The summed E-state index contributed by atoms with van der Waals surface area (Å²) in [5, 5.41) is 22.2. The van der Waals surface area contributed by atoms with E-state index in [-0.39, 0.29) is 6.10 Å². The summed E-state index contributed by atoms with van der Waals surface area (Å²) in [5.74, 6) is 4.43. The lowest BCUT2D eigenvalue weighted by Gasteiger charge is -2.62. The Labute approximate surface area is 199 Å². The fourth-order valence-electron chi connectivity index (χ4n) is 9.66. The van der Waals surface area contributed by atoms with Crippen molar-refractivity contribution in [3.05, 3.63) is 0 Å². The summed E-state index contributed by atoms with van der Waals surface area (Å²) in [5.41, 5.74) is 0.781. The van der Waals surface area contributed by atoms with Gasteiger partial charge in [-0.2, -0.15) is 0 Å². The van der Waals surface area contributed by atoms with Crippen LogP contribution in [-0.2, 0) is 0 Å². The van der Waals surface area contributed by atoms with Crippen molar-refractivity contribution in [3.8, 4) is 0 Å². The minimum Gasteiger partial charge on any atom is -0.393 e. The molecule has 0 aromatic heterocycles. The van der Waals surface area contributed by atoms with Gasteiger partial charge in [-0.05, 0) is 129 Å². The SMILES string of the molecule is CC[C@]1(O)CC[C@@]2(C)[C@H](CC[C@@H]3[C@@H]2CC[C@]2(C)[C@@H]([C@H](C)[C@H](O)CCC(C)(C)C)CC[C@@H]32)C1. The number of aliphatic hydroxyl groups excluding tert-OH is 1. The van der Waals surface area contributed by atoms with Crippen LogP contribution in [-0.4, -0.2) is 21.9 Å². The number of hydrogen-bond acceptors (Lipinski definition) is 2. The summed E-state index contributed by atoms with van der Waals surface area (Å²) in [4.78, 5) is 0. The topological polar surface area (TPSA) is 40.5 Å². The second-order valence-corrected chi connectivity index (χ2v) is 14.7. The van der Waals surface area contributed by atoms with E-state index in [0.717, 1.165) is 55.8 Å². The highest BCUT2D eigenvalue weighted by Gasteiger charge is 2.61. The average Bonchev–Trinajstić information content (AvgIpc) is 3.08. The van der Waals surface area contributed by atoms with Gasteiger partial charge in [-0.1, -0.05) is 48.5 Å². The van der Waals surface area contributed by atoms with Crippen LogP contribution in [0, 0.1) is 51.8 Å². The summed E-state index contributed by atoms with van der Waals surface area (Å²) < 4.78 is 0. The Balaban J connectivity index is 1.47. The van der Waals surface area contributed by atoms with Crippen molar-refractivity contribution in [2.24, 2.45) is 51.8 Å². The van der Waals surface area contributed by atoms with Crippen molar-refractivity contribution in [1.29, 1.82) is 0 Å². The first-order chi connectivity index (χ1) is 14.8. The lowest BCUT2D eigenvalue weighted by atomic mass is 9.43. The van der Waals surface area contributed by atoms with Crippen molar-refractivity contribution in [3.63, 3.8) is 0 Å². The van der Waals surface area contributed by atoms with E-state index in [1.807, 2.05) is 0 Å². The minimum atomic E-state index is -0.392. The van der Waals surface area contributed by atoms with Crippen LogP contribution in [0.3, 0.4) is 0 Å². The largest absolute Gasteiger partial charge is 0.393 e. The van der Waals surface area contributed by atoms with Gasteiger partial charge in [0.2, 0.25) is 0 Å². The molecular weight excluding hydrogens is 392 g/mol. The molecule has 4 fully saturated rings. The predicted octanol–water partition coefficient (Wildman–Crippen LogP) is 7.61. The number of aliphatic hydroxyl groups is 2. The first kappa shape index (κ1) is 25.0. The third-order valence-electron chi connectivity index (χ3n) is 12.0. The van der Waals surface area contributed by atoms with E-state index in [1.54, 1.807) is 0 Å². The predicted molar refractivity (Wildman–Crippen MR) is 134 cm³/mol. The smallest absolute Gasteiger partial charge is 0.0648 e. The zero-order valence-electron chi connectivity index (χ0n) is 22.4. The molecule has 2 N–H and O–H groups in total. The molecule has 0 aromatic carbocycles. The van der Waals surface area contributed by atoms with Gasteiger partial charge in [0.05, 0.1) is 11.7 Å². The maximum absolute atomic E-state index is 11.1. The molecule has 0 unspecified atom stereocenters. The number of hydrogen-bond donors (Lipinski definition) is 2. The first-order valence-electron chi connectivity index (χ1n) is 14.2. The molecule has 10 atom stereocenters. The van der Waals surface area contributed by atoms with Crippen LogP contribution in [0.1, 0.15) is 126 Å². The molecule has 4 rings (SSSR count). The van der Waals surface area contributed by atoms with Gasteiger partial charge < -0.3 is 10.2 Å². The van der Waals surface area contributed by atoms with Gasteiger partial charge >= 0.3 is 0 Å². The van der Waals surface area contributed by atoms with Crippen LogP contribution in [0.15, 0.2) is 0 Å². The normalized spacial score (nSPS) is 48.5. The van der Waals surface area contributed by atoms with Crippen molar-refractivity contribution < 1.29 is 10.2 Å². The molecule has 2 heteroatoms. The molecule has 0 bridgehead atoms. The van der Waals surface area contributed by atoms with Crippen LogP contribution in [0.2, 0.25) is 0 Å². The van der Waals surface area contributed by atoms with Gasteiger partial charge in [0, 0.05) is 0 Å². The Hall–Kier alpha value is -0.0800. The highest BCUT2D eigenvalue weighted by Crippen LogP contribution is 2.69. The first-order valence-corrected chi connectivity index (χ1v) is 14.2. The van der Waals surface area contributed by atoms with E-state index in [9.17, 15) is 10.2 Å². The van der Waals surface area contributed by atoms with Crippen molar-refractivity contribution >= 4 is 0 Å². The molecular formula is C30H54O2. The Morgan fingerprint density at radius 3 is 2.25 bits per heavy atom. The molecule has 0 saturated heterocycles. The summed E-state index contributed by atoms with van der Waals surface area (Å²) in [6.07, 6.45) is 14.3. The van der Waals surface area contributed by atoms with Gasteiger partial charge in [-0.25, -0.2) is 0 Å². The van der Waals surface area contributed by atoms with Crippen molar-refractivity contribution in [1.82, 2.24) is 0 Å². The summed E-state index contributed by atoms with van der Waals surface area (Å²) in [6.45, 7) is 16.6. The highest BCUT2D eigenvalue weighted by molar-refractivity contribution is 5.11. The van der Waals surface area contributed by atoms with Crippen LogP contribution in [0.25, 0.3) is 0 Å². The van der Waals surface area contributed by atoms with Crippen LogP contribution in [0.5, 0.6) is 0 Å². The second kappa shape index (κ2) is 8.54. The van der Waals surface area contributed by atoms with E-state index < -0.39 is 5.60 Å². The molecule has 0 radical (unpaired) electrons. The maximum Gasteiger partial charge on any atom is 0.0648 e. The fourth-order valence-corrected chi connectivity index (χ4v) is 9.66. The van der Waals surface area contributed by atoms with E-state index in [2.05, 4.69) is 48.5 Å². The molecule has 4 aliphatic rings. The van der Waals surface area contributed by atoms with Gasteiger partial charge in [0.1, 0.15) is 0 Å². The zero-order valence-corrected chi connectivity index (χ0v) is 22.4. The lowest BCUT2D eigenvalue weighted by Crippen LogP contribution is -2.56. The minimum absolute atomic E-state index is 0.147. The van der Waals surface area contributed by atoms with Gasteiger partial charge in [-0.3, -0.25) is 0 Å². The van der Waals surface area contributed by atoms with Crippen molar-refractivity contribution in [2.45, 2.75) is 137 Å². The molecule has 0 aromatic rings. The Morgan fingerprint density at radius 2 is 1.59 bits per heavy atom. The van der Waals surface area contributed by atoms with E-state index in [0.29, 0.717) is 28.1 Å². The quantitative estimate of drug-likeness (QED) is 0.456. The summed E-state index contributed by atoms with van der Waals surface area (Å²) in [7, 11) is 0. The van der Waals surface area contributed by atoms with Crippen LogP contribution >= 0.6 is 0 Å². The summed E-state index contributed by atoms with van der Waals surface area (Å²) in [6, 6.07) is 0. The van der Waals surface area contributed by atoms with E-state index in [1.165, 1.54) is 44.9 Å². The van der Waals surface area contributed by atoms with Crippen LogP contribution < -0.4 is 0 Å². The Kier molecular flexibility index (Phi) is 6.68. The van der Waals surface area contributed by atoms with Crippen molar-refractivity contribution in [2.75, 3.05) is 0 Å². The third kappa shape index (κ3) is 4.23. The molecule has 0 amide bonds. The van der Waals surface area contributed by atoms with Gasteiger partial charge in [0.15, 0.2) is 0 Å². The molecule has 4 saturated carbocycles. The molecule has 32 heavy (non-hydrogen) atoms. The second-order valence-electron chi connectivity index (χ2n) is 14.7. The maximum atomic E-state index is 11.1. The third-order valence-corrected chi connectivity index (χ3v) is 12.0. The number of rotatable bonds is 5. The molecule has 4 aliphatic carbocycles. The van der Waals surface area contributed by atoms with Gasteiger partial charge in [0.25, 0.3) is 0 Å². The van der Waals surface area contributed by atoms with E-state index in [4.69, 9.17) is 0 Å². The molecule has 186 valence electrons. The number of fused-ring (bicyclic) bond motifs is 5. The molecule has 0 aliphatic heterocycles. The molecule has 0 heterocycles. The standard InChI is InChI=1S/C30H54O2/c1-8-30(32)18-17-28(6)21(19-30)9-10-22-24-12-11-23(29(24,7)16-13-25(22)28)20(2)26(31)14-15-27(3,4)5/h20-26,31-32H,8-19H2,1-7H3/t20-,21+,22-,23+,24-,25-,26+,28-,29+,30-/m0/s1. The highest BCUT2D eigenvalue weighted by atomic mass is 16.3. The molecule has 0 spiro atoms. The van der Waals surface area contributed by atoms with Crippen LogP contribution in [0.4, 0.5) is 0 Å². The average molecular weight is 447 g/mol. The monoisotopic (exact) mass is 446 g/mol. The summed E-state index contributed by atoms with van der Waals surface area (Å²) >= 11 is 0. The lowest BCUT2D eigenvalue weighted by molar-refractivity contribution is -0.154. The zero-order chi connectivity index (χ0) is 23.5. The Bertz CT molecular complexity index is 666. The Morgan fingerprint density at radius 1 is 0.906 bits per heavy atom. The van der Waals surface area contributed by atoms with E-state index >= 15 is 0 Å². The fraction of sp³-hybridized carbons (Fsp3) is 1.00. The molecule has 2 nitrogen and oxygen atoms in total.